The van der Waals surface area contributed by atoms with Crippen molar-refractivity contribution >= 4 is 41.4 Å². The second kappa shape index (κ2) is 8.28. The third-order valence-electron chi connectivity index (χ3n) is 6.34. The van der Waals surface area contributed by atoms with Gasteiger partial charge >= 0.3 is 5.69 Å². The van der Waals surface area contributed by atoms with Crippen molar-refractivity contribution in [2.24, 2.45) is 0 Å². The number of nitrogens with zero attached hydrogens (tertiary/aromatic N) is 3. The van der Waals surface area contributed by atoms with Crippen LogP contribution >= 0.6 is 11.3 Å². The molecule has 0 aromatic carbocycles. The maximum Gasteiger partial charge on any atom is 0.323 e. The van der Waals surface area contributed by atoms with E-state index in [1.165, 1.54) is 24.2 Å². The predicted octanol–water partition coefficient (Wildman–Crippen LogP) is 1.96. The molecule has 34 heavy (non-hydrogen) atoms. The van der Waals surface area contributed by atoms with Crippen molar-refractivity contribution < 1.29 is 4.79 Å². The molecule has 4 N–H and O–H groups in total. The molecule has 2 aliphatic carbocycles. The Hall–Kier alpha value is -3.66. The van der Waals surface area contributed by atoms with Gasteiger partial charge in [-0.2, -0.15) is 9.61 Å². The molecule has 0 spiro atoms. The molecule has 0 unspecified atom stereocenters. The highest BCUT2D eigenvalue weighted by atomic mass is 32.1. The molecule has 0 radical (unpaired) electrons. The lowest BCUT2D eigenvalue weighted by Gasteiger charge is -2.10. The van der Waals surface area contributed by atoms with Crippen LogP contribution < -0.4 is 27.0 Å². The van der Waals surface area contributed by atoms with Crippen molar-refractivity contribution in [3.05, 3.63) is 56.0 Å². The summed E-state index contributed by atoms with van der Waals surface area (Å²) < 4.78 is 1.78. The molecule has 1 amide bonds. The molecule has 10 heteroatoms. The van der Waals surface area contributed by atoms with Crippen LogP contribution in [0.3, 0.4) is 0 Å². The summed E-state index contributed by atoms with van der Waals surface area (Å²) in [7, 11) is 0. The largest absolute Gasteiger partial charge is 0.367 e. The predicted molar refractivity (Wildman–Crippen MR) is 132 cm³/mol. The first-order valence-electron chi connectivity index (χ1n) is 11.6. The summed E-state index contributed by atoms with van der Waals surface area (Å²) in [6.07, 6.45) is 10.3. The Labute approximate surface area is 198 Å². The lowest BCUT2D eigenvalue weighted by atomic mass is 10.2. The quantitative estimate of drug-likeness (QED) is 0.340. The van der Waals surface area contributed by atoms with Crippen LogP contribution in [0.25, 0.3) is 28.9 Å². The van der Waals surface area contributed by atoms with Gasteiger partial charge in [-0.1, -0.05) is 19.4 Å². The van der Waals surface area contributed by atoms with Gasteiger partial charge in [0.25, 0.3) is 5.91 Å². The van der Waals surface area contributed by atoms with Crippen molar-refractivity contribution in [1.82, 2.24) is 29.9 Å². The second-order valence-electron chi connectivity index (χ2n) is 9.01. The van der Waals surface area contributed by atoms with E-state index < -0.39 is 0 Å². The van der Waals surface area contributed by atoms with E-state index >= 15 is 0 Å². The van der Waals surface area contributed by atoms with Gasteiger partial charge < -0.3 is 20.6 Å². The molecule has 0 atom stereocenters. The number of anilines is 1. The average molecular weight is 476 g/mol. The Balaban J connectivity index is 1.40. The topological polar surface area (TPSA) is 120 Å². The summed E-state index contributed by atoms with van der Waals surface area (Å²) in [5.41, 5.74) is 1.89. The molecule has 6 rings (SSSR count). The zero-order chi connectivity index (χ0) is 23.2. The first-order chi connectivity index (χ1) is 16.5. The lowest BCUT2D eigenvalue weighted by molar-refractivity contribution is 0.0942. The molecule has 0 aliphatic heterocycles. The van der Waals surface area contributed by atoms with E-state index in [1.807, 2.05) is 24.3 Å². The summed E-state index contributed by atoms with van der Waals surface area (Å²) in [6.45, 7) is 3.87. The van der Waals surface area contributed by atoms with Gasteiger partial charge in [0, 0.05) is 23.7 Å². The number of fused-ring (bicyclic) bond motifs is 1. The Bertz CT molecular complexity index is 1550. The van der Waals surface area contributed by atoms with E-state index in [0.29, 0.717) is 27.3 Å². The standard InChI is InChI=1S/C24H25N7O2S/c1-13-17(30-24(33)26-13)10-14-12-25-31-21(27-16-6-7-16)11-18(29-22(14)31)19-8-9-20(34-19)23(32)28-15-4-2-3-5-15/h8-12,15-16,27H,1-7H2,(H,28,32)(H2,26,30,33)/b17-10-. The highest BCUT2D eigenvalue weighted by molar-refractivity contribution is 7.17. The lowest BCUT2D eigenvalue weighted by Crippen LogP contribution is -2.31. The molecule has 174 valence electrons. The third-order valence-corrected chi connectivity index (χ3v) is 7.45. The number of H-pyrrole nitrogens is 2. The maximum atomic E-state index is 12.7. The van der Waals surface area contributed by atoms with Crippen molar-refractivity contribution in [2.75, 3.05) is 5.32 Å². The van der Waals surface area contributed by atoms with Gasteiger partial charge in [-0.3, -0.25) is 4.79 Å². The number of aromatic amines is 2. The van der Waals surface area contributed by atoms with Crippen LogP contribution in [0, 0.1) is 0 Å². The summed E-state index contributed by atoms with van der Waals surface area (Å²) in [6, 6.07) is 6.51. The summed E-state index contributed by atoms with van der Waals surface area (Å²) in [5, 5.41) is 12.3. The van der Waals surface area contributed by atoms with Crippen LogP contribution in [-0.4, -0.2) is 42.6 Å². The Kier molecular flexibility index (Phi) is 5.09. The highest BCUT2D eigenvalue weighted by Crippen LogP contribution is 2.32. The van der Waals surface area contributed by atoms with Gasteiger partial charge in [0.05, 0.1) is 32.3 Å². The Morgan fingerprint density at radius 1 is 1.18 bits per heavy atom. The van der Waals surface area contributed by atoms with Gasteiger partial charge in [0.1, 0.15) is 5.82 Å². The minimum absolute atomic E-state index is 0.0154. The third kappa shape index (κ3) is 4.05. The SMILES string of the molecule is C=c1[nH]c(=O)[nH]/c1=C\c1cnn2c(NC3CC3)cc(-c3ccc(C(=O)NC4CCCC4)s3)nc12. The number of rotatable bonds is 6. The van der Waals surface area contributed by atoms with Crippen molar-refractivity contribution in [3.8, 4) is 10.6 Å². The van der Waals surface area contributed by atoms with Gasteiger partial charge in [-0.15, -0.1) is 11.3 Å². The van der Waals surface area contributed by atoms with Crippen molar-refractivity contribution in [1.29, 1.82) is 0 Å². The fourth-order valence-electron chi connectivity index (χ4n) is 4.38. The number of carbonyl (C=O) groups excluding carboxylic acids is 1. The summed E-state index contributed by atoms with van der Waals surface area (Å²) in [5.74, 6) is 0.836. The fraction of sp³-hybridized carbons (Fsp3) is 0.333. The van der Waals surface area contributed by atoms with E-state index in [2.05, 4.69) is 32.3 Å². The zero-order valence-electron chi connectivity index (χ0n) is 18.6. The van der Waals surface area contributed by atoms with Crippen LogP contribution in [0.5, 0.6) is 0 Å². The van der Waals surface area contributed by atoms with Crippen molar-refractivity contribution in [3.63, 3.8) is 0 Å². The number of hydrogen-bond donors (Lipinski definition) is 4. The zero-order valence-corrected chi connectivity index (χ0v) is 19.4. The molecule has 0 saturated heterocycles. The smallest absolute Gasteiger partial charge is 0.323 e. The molecule has 2 aliphatic rings. The van der Waals surface area contributed by atoms with Gasteiger partial charge in [-0.05, 0) is 43.9 Å². The van der Waals surface area contributed by atoms with E-state index in [0.717, 1.165) is 47.6 Å². The second-order valence-corrected chi connectivity index (χ2v) is 10.1. The summed E-state index contributed by atoms with van der Waals surface area (Å²) >= 11 is 1.44. The number of amides is 1. The minimum atomic E-state index is -0.306. The highest BCUT2D eigenvalue weighted by Gasteiger charge is 2.24. The number of hydrogen-bond acceptors (Lipinski definition) is 6. The Morgan fingerprint density at radius 2 is 2.00 bits per heavy atom. The Morgan fingerprint density at radius 3 is 2.74 bits per heavy atom. The van der Waals surface area contributed by atoms with Crippen molar-refractivity contribution in [2.45, 2.75) is 50.6 Å². The first-order valence-corrected chi connectivity index (χ1v) is 12.4. The van der Waals surface area contributed by atoms with Crippen LogP contribution in [-0.2, 0) is 0 Å². The maximum absolute atomic E-state index is 12.7. The monoisotopic (exact) mass is 475 g/mol. The molecule has 4 heterocycles. The van der Waals surface area contributed by atoms with Gasteiger partial charge in [0.2, 0.25) is 0 Å². The van der Waals surface area contributed by atoms with Crippen LogP contribution in [0.4, 0.5) is 5.82 Å². The number of carbonyl (C=O) groups is 1. The van der Waals surface area contributed by atoms with Crippen LogP contribution in [0.15, 0.2) is 29.2 Å². The molecule has 9 nitrogen and oxygen atoms in total. The van der Waals surface area contributed by atoms with E-state index in [1.54, 1.807) is 10.7 Å². The molecule has 4 aromatic heterocycles. The van der Waals surface area contributed by atoms with Gasteiger partial charge in [0.15, 0.2) is 5.65 Å². The fourth-order valence-corrected chi connectivity index (χ4v) is 5.25. The normalized spacial score (nSPS) is 17.0. The molecule has 2 fully saturated rings. The number of thiophene rings is 1. The van der Waals surface area contributed by atoms with Crippen LogP contribution in [0.2, 0.25) is 0 Å². The average Bonchev–Trinajstić information content (AvgIpc) is 3.24. The molecular formula is C24H25N7O2S. The van der Waals surface area contributed by atoms with Crippen LogP contribution in [0.1, 0.15) is 53.8 Å². The molecule has 2 saturated carbocycles. The molecular weight excluding hydrogens is 450 g/mol. The van der Waals surface area contributed by atoms with E-state index in [4.69, 9.17) is 4.98 Å². The molecule has 4 aromatic rings. The number of imidazole rings is 1. The van der Waals surface area contributed by atoms with Gasteiger partial charge in [-0.25, -0.2) is 9.78 Å². The summed E-state index contributed by atoms with van der Waals surface area (Å²) in [4.78, 5) is 36.3. The minimum Gasteiger partial charge on any atom is -0.367 e. The first kappa shape index (κ1) is 20.9. The number of nitrogens with one attached hydrogen (secondary N) is 4. The molecule has 0 bridgehead atoms. The number of aromatic nitrogens is 5. The van der Waals surface area contributed by atoms with E-state index in [-0.39, 0.29) is 17.6 Å². The van der Waals surface area contributed by atoms with E-state index in [9.17, 15) is 9.59 Å².